The lowest BCUT2D eigenvalue weighted by Crippen LogP contribution is -2.79. The van der Waals surface area contributed by atoms with Crippen LogP contribution in [-0.4, -0.2) is 54.5 Å². The number of methoxy groups -OCH3 is 1. The molecule has 2 heterocycles. The van der Waals surface area contributed by atoms with E-state index in [-0.39, 0.29) is 11.9 Å². The first-order valence-corrected chi connectivity index (χ1v) is 7.55. The van der Waals surface area contributed by atoms with E-state index in [2.05, 4.69) is 9.98 Å². The molecule has 1 aromatic carbocycles. The van der Waals surface area contributed by atoms with Gasteiger partial charge in [-0.2, -0.15) is 4.90 Å². The maximum Gasteiger partial charge on any atom is 0.417 e. The van der Waals surface area contributed by atoms with Crippen molar-refractivity contribution in [2.45, 2.75) is 6.54 Å². The summed E-state index contributed by atoms with van der Waals surface area (Å²) >= 11 is 0. The Hall–Kier alpha value is -2.96. The Labute approximate surface area is 139 Å². The summed E-state index contributed by atoms with van der Waals surface area (Å²) in [6.45, 7) is 0.447. The van der Waals surface area contributed by atoms with E-state index in [1.165, 1.54) is 11.9 Å². The SMILES string of the molecule is COc1ccc(CN=C2C=C[NH+]=C3C2C(=O)N(C)C(=O)N3C)cc1. The molecule has 2 aliphatic heterocycles. The lowest BCUT2D eigenvalue weighted by atomic mass is 9.95. The Morgan fingerprint density at radius 3 is 2.54 bits per heavy atom. The molecule has 0 aliphatic carbocycles. The minimum absolute atomic E-state index is 0.279. The molecule has 1 aromatic rings. The number of benzene rings is 1. The van der Waals surface area contributed by atoms with Crippen LogP contribution in [0.25, 0.3) is 0 Å². The number of amides is 3. The number of allylic oxidation sites excluding steroid dienone is 1. The lowest BCUT2D eigenvalue weighted by Gasteiger charge is -2.31. The summed E-state index contributed by atoms with van der Waals surface area (Å²) in [4.78, 5) is 34.7. The van der Waals surface area contributed by atoms with Crippen molar-refractivity contribution in [3.05, 3.63) is 42.1 Å². The van der Waals surface area contributed by atoms with Crippen LogP contribution in [0.4, 0.5) is 4.79 Å². The van der Waals surface area contributed by atoms with Gasteiger partial charge in [-0.25, -0.2) is 14.7 Å². The second-order valence-corrected chi connectivity index (χ2v) is 5.62. The summed E-state index contributed by atoms with van der Waals surface area (Å²) in [5, 5.41) is 0. The van der Waals surface area contributed by atoms with Gasteiger partial charge >= 0.3 is 6.03 Å². The molecule has 1 unspecified atom stereocenters. The predicted octanol–water partition coefficient (Wildman–Crippen LogP) is -0.217. The molecular weight excluding hydrogens is 308 g/mol. The molecule has 2 aliphatic rings. The largest absolute Gasteiger partial charge is 0.497 e. The zero-order valence-corrected chi connectivity index (χ0v) is 13.8. The Bertz CT molecular complexity index is 765. The van der Waals surface area contributed by atoms with Gasteiger partial charge in [0.1, 0.15) is 5.75 Å². The van der Waals surface area contributed by atoms with Crippen molar-refractivity contribution >= 4 is 23.5 Å². The van der Waals surface area contributed by atoms with Crippen molar-refractivity contribution in [1.82, 2.24) is 9.80 Å². The maximum atomic E-state index is 12.5. The molecule has 3 rings (SSSR count). The van der Waals surface area contributed by atoms with E-state index in [4.69, 9.17) is 4.74 Å². The number of imide groups is 1. The molecule has 7 heteroatoms. The van der Waals surface area contributed by atoms with Crippen LogP contribution >= 0.6 is 0 Å². The predicted molar refractivity (Wildman–Crippen MR) is 88.7 cm³/mol. The van der Waals surface area contributed by atoms with Gasteiger partial charge in [-0.3, -0.25) is 9.79 Å². The van der Waals surface area contributed by atoms with E-state index in [1.54, 1.807) is 26.4 Å². The average Bonchev–Trinajstić information content (AvgIpc) is 2.63. The topological polar surface area (TPSA) is 76.2 Å². The number of hydrogen-bond acceptors (Lipinski definition) is 4. The molecule has 1 N–H and O–H groups in total. The van der Waals surface area contributed by atoms with Gasteiger partial charge in [-0.15, -0.1) is 0 Å². The molecule has 0 saturated carbocycles. The normalized spacial score (nSPS) is 21.9. The van der Waals surface area contributed by atoms with E-state index in [9.17, 15) is 9.59 Å². The third-order valence-electron chi connectivity index (χ3n) is 4.17. The number of hydrogen-bond donors (Lipinski definition) is 1. The Kier molecular flexibility index (Phi) is 4.16. The molecule has 0 bridgehead atoms. The number of amidine groups is 1. The first-order valence-electron chi connectivity index (χ1n) is 7.55. The number of carbonyl (C=O) groups is 2. The molecule has 1 fully saturated rings. The number of carbonyl (C=O) groups excluding carboxylic acids is 2. The highest BCUT2D eigenvalue weighted by Gasteiger charge is 2.49. The van der Waals surface area contributed by atoms with E-state index >= 15 is 0 Å². The first kappa shape index (κ1) is 15.9. The summed E-state index contributed by atoms with van der Waals surface area (Å²) in [7, 11) is 4.74. The van der Waals surface area contributed by atoms with Gasteiger partial charge in [0.25, 0.3) is 11.7 Å². The van der Waals surface area contributed by atoms with Crippen molar-refractivity contribution < 1.29 is 19.3 Å². The smallest absolute Gasteiger partial charge is 0.417 e. The summed E-state index contributed by atoms with van der Waals surface area (Å²) in [6, 6.07) is 7.25. The lowest BCUT2D eigenvalue weighted by molar-refractivity contribution is -0.382. The second kappa shape index (κ2) is 6.27. The zero-order chi connectivity index (χ0) is 17.3. The molecule has 0 radical (unpaired) electrons. The summed E-state index contributed by atoms with van der Waals surface area (Å²) < 4.78 is 5.14. The highest BCUT2D eigenvalue weighted by molar-refractivity contribution is 6.30. The minimum atomic E-state index is -0.582. The Morgan fingerprint density at radius 1 is 1.17 bits per heavy atom. The van der Waals surface area contributed by atoms with Gasteiger partial charge in [-0.05, 0) is 23.8 Å². The van der Waals surface area contributed by atoms with E-state index in [0.717, 1.165) is 16.2 Å². The fraction of sp³-hybridized carbons (Fsp3) is 0.294. The van der Waals surface area contributed by atoms with Gasteiger partial charge in [0.05, 0.1) is 32.6 Å². The third kappa shape index (κ3) is 2.68. The quantitative estimate of drug-likeness (QED) is 0.834. The number of fused-ring (bicyclic) bond motifs is 1. The van der Waals surface area contributed by atoms with Crippen LogP contribution in [0.3, 0.4) is 0 Å². The summed E-state index contributed by atoms with van der Waals surface area (Å²) in [5.74, 6) is 0.464. The van der Waals surface area contributed by atoms with E-state index in [1.807, 2.05) is 24.3 Å². The highest BCUT2D eigenvalue weighted by Crippen LogP contribution is 2.19. The Balaban J connectivity index is 1.85. The van der Waals surface area contributed by atoms with Gasteiger partial charge < -0.3 is 4.74 Å². The number of nitrogens with zero attached hydrogens (tertiary/aromatic N) is 3. The van der Waals surface area contributed by atoms with Crippen molar-refractivity contribution in [1.29, 1.82) is 0 Å². The van der Waals surface area contributed by atoms with Gasteiger partial charge in [-0.1, -0.05) is 12.1 Å². The van der Waals surface area contributed by atoms with Crippen molar-refractivity contribution in [2.75, 3.05) is 21.2 Å². The van der Waals surface area contributed by atoms with E-state index in [0.29, 0.717) is 18.1 Å². The average molecular weight is 327 g/mol. The van der Waals surface area contributed by atoms with Gasteiger partial charge in [0.15, 0.2) is 5.92 Å². The molecule has 24 heavy (non-hydrogen) atoms. The Morgan fingerprint density at radius 2 is 1.88 bits per heavy atom. The third-order valence-corrected chi connectivity index (χ3v) is 4.17. The summed E-state index contributed by atoms with van der Waals surface area (Å²) in [5.41, 5.74) is 1.65. The van der Waals surface area contributed by atoms with Gasteiger partial charge in [0.2, 0.25) is 0 Å². The van der Waals surface area contributed by atoms with Crippen LogP contribution in [0, 0.1) is 5.92 Å². The van der Waals surface area contributed by atoms with Crippen molar-refractivity contribution in [3.63, 3.8) is 0 Å². The van der Waals surface area contributed by atoms with Crippen molar-refractivity contribution in [3.8, 4) is 5.75 Å². The molecular formula is C17H19N4O3+. The maximum absolute atomic E-state index is 12.5. The number of urea groups is 1. The van der Waals surface area contributed by atoms with E-state index < -0.39 is 5.92 Å². The second-order valence-electron chi connectivity index (χ2n) is 5.62. The number of rotatable bonds is 3. The number of ether oxygens (including phenoxy) is 1. The molecule has 124 valence electrons. The minimum Gasteiger partial charge on any atom is -0.497 e. The van der Waals surface area contributed by atoms with Gasteiger partial charge in [0, 0.05) is 7.05 Å². The highest BCUT2D eigenvalue weighted by atomic mass is 16.5. The molecule has 1 atom stereocenters. The van der Waals surface area contributed by atoms with Crippen LogP contribution in [0.15, 0.2) is 41.5 Å². The molecule has 0 spiro atoms. The molecule has 1 saturated heterocycles. The summed E-state index contributed by atoms with van der Waals surface area (Å²) in [6.07, 6.45) is 3.47. The first-order chi connectivity index (χ1) is 11.5. The van der Waals surface area contributed by atoms with Crippen LogP contribution < -0.4 is 9.73 Å². The zero-order valence-electron chi connectivity index (χ0n) is 13.8. The molecule has 7 nitrogen and oxygen atoms in total. The monoisotopic (exact) mass is 327 g/mol. The number of aliphatic imine (C=N–C) groups is 1. The molecule has 3 amide bonds. The van der Waals surface area contributed by atoms with Crippen LogP contribution in [0.1, 0.15) is 5.56 Å². The van der Waals surface area contributed by atoms with Crippen LogP contribution in [-0.2, 0) is 11.3 Å². The van der Waals surface area contributed by atoms with Crippen LogP contribution in [0.2, 0.25) is 0 Å². The fourth-order valence-electron chi connectivity index (χ4n) is 2.74. The fourth-order valence-corrected chi connectivity index (χ4v) is 2.74. The standard InChI is InChI=1S/C17H18N4O3/c1-20-15-14(16(22)21(2)17(20)23)13(8-9-18-15)19-10-11-4-6-12(24-3)7-5-11/h4-9,14H,10H2,1-3H3/p+1. The molecule has 0 aromatic heterocycles. The number of nitrogens with one attached hydrogen (secondary N) is 1. The van der Waals surface area contributed by atoms with Crippen LogP contribution in [0.5, 0.6) is 5.75 Å². The van der Waals surface area contributed by atoms with Crippen molar-refractivity contribution in [2.24, 2.45) is 10.9 Å².